The zero-order valence-corrected chi connectivity index (χ0v) is 12.7. The highest BCUT2D eigenvalue weighted by Gasteiger charge is 2.21. The Morgan fingerprint density at radius 2 is 2.33 bits per heavy atom. The Morgan fingerprint density at radius 3 is 3.05 bits per heavy atom. The van der Waals surface area contributed by atoms with Gasteiger partial charge in [0.1, 0.15) is 5.82 Å². The van der Waals surface area contributed by atoms with Gasteiger partial charge in [0.25, 0.3) is 5.91 Å². The van der Waals surface area contributed by atoms with Gasteiger partial charge in [-0.15, -0.1) is 22.7 Å². The highest BCUT2D eigenvalue weighted by molar-refractivity contribution is 7.21. The molecule has 2 aromatic heterocycles. The van der Waals surface area contributed by atoms with E-state index in [1.165, 1.54) is 35.8 Å². The molecule has 0 unspecified atom stereocenters. The van der Waals surface area contributed by atoms with Crippen LogP contribution < -0.4 is 5.32 Å². The minimum Gasteiger partial charge on any atom is -0.380 e. The molecule has 0 saturated heterocycles. The number of aromatic nitrogens is 1. The number of ether oxygens (including phenoxy) is 1. The average Bonchev–Trinajstić information content (AvgIpc) is 3.08. The molecule has 0 spiro atoms. The van der Waals surface area contributed by atoms with Gasteiger partial charge in [-0.3, -0.25) is 10.1 Å². The van der Waals surface area contributed by atoms with E-state index in [1.807, 2.05) is 0 Å². The molecular weight excluding hydrogens is 311 g/mol. The third-order valence-corrected chi connectivity index (χ3v) is 4.80. The molecule has 0 aliphatic heterocycles. The van der Waals surface area contributed by atoms with Crippen LogP contribution >= 0.6 is 22.7 Å². The number of thiophene rings is 1. The largest absolute Gasteiger partial charge is 0.380 e. The van der Waals surface area contributed by atoms with E-state index in [0.29, 0.717) is 21.0 Å². The van der Waals surface area contributed by atoms with Crippen LogP contribution in [0.15, 0.2) is 29.8 Å². The summed E-state index contributed by atoms with van der Waals surface area (Å²) in [6.07, 6.45) is 1.61. The molecule has 3 rings (SSSR count). The molecule has 3 aromatic rings. The molecular formula is C14H11FN2O2S2. The number of nitrogens with zero attached hydrogens (tertiary/aromatic N) is 1. The van der Waals surface area contributed by atoms with Crippen molar-refractivity contribution in [3.05, 3.63) is 46.0 Å². The first-order valence-corrected chi connectivity index (χ1v) is 7.80. The molecule has 21 heavy (non-hydrogen) atoms. The van der Waals surface area contributed by atoms with Gasteiger partial charge in [0, 0.05) is 34.3 Å². The number of methoxy groups -OCH3 is 1. The Hall–Kier alpha value is -1.83. The Kier molecular flexibility index (Phi) is 3.96. The molecule has 1 amide bonds. The summed E-state index contributed by atoms with van der Waals surface area (Å²) in [5.41, 5.74) is 0.574. The second kappa shape index (κ2) is 5.88. The van der Waals surface area contributed by atoms with E-state index in [1.54, 1.807) is 23.7 Å². The van der Waals surface area contributed by atoms with Crippen LogP contribution in [-0.2, 0) is 11.3 Å². The smallest absolute Gasteiger partial charge is 0.267 e. The van der Waals surface area contributed by atoms with Gasteiger partial charge in [-0.05, 0) is 12.1 Å². The molecule has 0 bridgehead atoms. The lowest BCUT2D eigenvalue weighted by Gasteiger charge is -2.04. The van der Waals surface area contributed by atoms with Crippen molar-refractivity contribution in [1.29, 1.82) is 0 Å². The van der Waals surface area contributed by atoms with Crippen LogP contribution in [0.5, 0.6) is 0 Å². The van der Waals surface area contributed by atoms with Crippen molar-refractivity contribution in [2.24, 2.45) is 0 Å². The van der Waals surface area contributed by atoms with E-state index in [9.17, 15) is 9.18 Å². The van der Waals surface area contributed by atoms with E-state index in [-0.39, 0.29) is 18.3 Å². The number of thiazole rings is 1. The van der Waals surface area contributed by atoms with Gasteiger partial charge in [0.05, 0.1) is 11.5 Å². The molecule has 7 heteroatoms. The fourth-order valence-electron chi connectivity index (χ4n) is 2.07. The van der Waals surface area contributed by atoms with Crippen LogP contribution in [0.1, 0.15) is 15.2 Å². The third-order valence-electron chi connectivity index (χ3n) is 2.91. The summed E-state index contributed by atoms with van der Waals surface area (Å²) in [5, 5.41) is 5.46. The SMILES string of the molecule is COCc1c(C(=O)Nc2nccs2)sc2cccc(F)c12. The van der Waals surface area contributed by atoms with Crippen molar-refractivity contribution >= 4 is 43.8 Å². The van der Waals surface area contributed by atoms with Gasteiger partial charge < -0.3 is 4.74 Å². The summed E-state index contributed by atoms with van der Waals surface area (Å²) in [7, 11) is 1.52. The summed E-state index contributed by atoms with van der Waals surface area (Å²) in [5.74, 6) is -0.637. The van der Waals surface area contributed by atoms with E-state index < -0.39 is 0 Å². The van der Waals surface area contributed by atoms with Crippen molar-refractivity contribution in [2.45, 2.75) is 6.61 Å². The van der Waals surface area contributed by atoms with Gasteiger partial charge in [0.15, 0.2) is 5.13 Å². The molecule has 0 saturated carbocycles. The van der Waals surface area contributed by atoms with Crippen LogP contribution in [0.25, 0.3) is 10.1 Å². The lowest BCUT2D eigenvalue weighted by atomic mass is 10.1. The van der Waals surface area contributed by atoms with E-state index in [2.05, 4.69) is 10.3 Å². The van der Waals surface area contributed by atoms with Gasteiger partial charge >= 0.3 is 0 Å². The first-order valence-electron chi connectivity index (χ1n) is 6.10. The maximum absolute atomic E-state index is 14.0. The molecule has 1 N–H and O–H groups in total. The lowest BCUT2D eigenvalue weighted by Crippen LogP contribution is -2.12. The normalized spacial score (nSPS) is 11.0. The average molecular weight is 322 g/mol. The Labute approximate surface area is 128 Å². The fourth-order valence-corrected chi connectivity index (χ4v) is 3.71. The zero-order chi connectivity index (χ0) is 14.8. The lowest BCUT2D eigenvalue weighted by molar-refractivity contribution is 0.102. The quantitative estimate of drug-likeness (QED) is 0.792. The minimum atomic E-state index is -0.343. The first kappa shape index (κ1) is 14.1. The van der Waals surface area contributed by atoms with Crippen molar-refractivity contribution in [1.82, 2.24) is 4.98 Å². The maximum Gasteiger partial charge on any atom is 0.267 e. The number of hydrogen-bond acceptors (Lipinski definition) is 5. The number of carbonyl (C=O) groups excluding carboxylic acids is 1. The summed E-state index contributed by atoms with van der Waals surface area (Å²) < 4.78 is 19.9. The third kappa shape index (κ3) is 2.67. The van der Waals surface area contributed by atoms with Gasteiger partial charge in [-0.2, -0.15) is 0 Å². The molecule has 0 aliphatic carbocycles. The molecule has 1 aromatic carbocycles. The first-order chi connectivity index (χ1) is 10.2. The van der Waals surface area contributed by atoms with Gasteiger partial charge in [0.2, 0.25) is 0 Å². The number of fused-ring (bicyclic) bond motifs is 1. The Bertz CT molecular complexity index is 784. The number of anilines is 1. The van der Waals surface area contributed by atoms with Gasteiger partial charge in [-0.1, -0.05) is 6.07 Å². The second-order valence-corrected chi connectivity index (χ2v) is 6.19. The molecule has 0 fully saturated rings. The number of benzene rings is 1. The highest BCUT2D eigenvalue weighted by atomic mass is 32.1. The fraction of sp³-hybridized carbons (Fsp3) is 0.143. The monoisotopic (exact) mass is 322 g/mol. The number of nitrogens with one attached hydrogen (secondary N) is 1. The number of carbonyl (C=O) groups is 1. The van der Waals surface area contributed by atoms with Crippen molar-refractivity contribution in [3.63, 3.8) is 0 Å². The Balaban J connectivity index is 2.06. The standard InChI is InChI=1S/C14H11FN2O2S2/c1-19-7-8-11-9(15)3-2-4-10(11)21-12(8)13(18)17-14-16-5-6-20-14/h2-6H,7H2,1H3,(H,16,17,18). The van der Waals surface area contributed by atoms with Crippen LogP contribution in [0.2, 0.25) is 0 Å². The van der Waals surface area contributed by atoms with Crippen LogP contribution in [-0.4, -0.2) is 18.0 Å². The van der Waals surface area contributed by atoms with Crippen LogP contribution in [0, 0.1) is 5.82 Å². The summed E-state index contributed by atoms with van der Waals surface area (Å²) >= 11 is 2.58. The van der Waals surface area contributed by atoms with Crippen LogP contribution in [0.4, 0.5) is 9.52 Å². The van der Waals surface area contributed by atoms with Crippen molar-refractivity contribution < 1.29 is 13.9 Å². The predicted octanol–water partition coefficient (Wildman–Crippen LogP) is 3.90. The van der Waals surface area contributed by atoms with E-state index in [4.69, 9.17) is 4.74 Å². The van der Waals surface area contributed by atoms with Crippen LogP contribution in [0.3, 0.4) is 0 Å². The molecule has 0 radical (unpaired) electrons. The summed E-state index contributed by atoms with van der Waals surface area (Å²) in [6.45, 7) is 0.182. The van der Waals surface area contributed by atoms with Gasteiger partial charge in [-0.25, -0.2) is 9.37 Å². The number of rotatable bonds is 4. The van der Waals surface area contributed by atoms with E-state index in [0.717, 1.165) is 4.70 Å². The highest BCUT2D eigenvalue weighted by Crippen LogP contribution is 2.34. The summed E-state index contributed by atoms with van der Waals surface area (Å²) in [4.78, 5) is 16.8. The minimum absolute atomic E-state index is 0.182. The Morgan fingerprint density at radius 1 is 1.48 bits per heavy atom. The molecule has 4 nitrogen and oxygen atoms in total. The second-order valence-electron chi connectivity index (χ2n) is 4.25. The maximum atomic E-state index is 14.0. The number of hydrogen-bond donors (Lipinski definition) is 1. The zero-order valence-electron chi connectivity index (χ0n) is 11.1. The molecule has 108 valence electrons. The van der Waals surface area contributed by atoms with Crippen molar-refractivity contribution in [3.8, 4) is 0 Å². The summed E-state index contributed by atoms with van der Waals surface area (Å²) in [6, 6.07) is 4.81. The molecule has 0 aliphatic rings. The number of halogens is 1. The predicted molar refractivity (Wildman–Crippen MR) is 82.6 cm³/mol. The molecule has 2 heterocycles. The molecule has 0 atom stereocenters. The number of amides is 1. The topological polar surface area (TPSA) is 51.2 Å². The van der Waals surface area contributed by atoms with Crippen molar-refractivity contribution in [2.75, 3.05) is 12.4 Å². The van der Waals surface area contributed by atoms with E-state index >= 15 is 0 Å².